The first-order valence-corrected chi connectivity index (χ1v) is 18.9. The topological polar surface area (TPSA) is 187 Å². The molecular weight excluding hydrogens is 704 g/mol. The van der Waals surface area contributed by atoms with Gasteiger partial charge in [0.2, 0.25) is 11.8 Å². The van der Waals surface area contributed by atoms with E-state index in [0.29, 0.717) is 43.5 Å². The van der Waals surface area contributed by atoms with E-state index in [4.69, 9.17) is 4.74 Å². The standard InChI is InChI=1S/C40H42N8O7/c1-2-24-18-32-33(44-36(24)50)17-23(20-41-32)22-46-13-15-47(16-14-46)26-5-10-31(42-21-26)37(51)43-25-3-6-27(7-4-25)55-28-8-9-29-30(19-28)40(54)48(39(29)53)34-11-12-35(49)45-38(34)52/h5,8-10,17-21,25,27,34H,2-4,6-7,11-16,22H2,1H3,(H,43,51)(H,44,50)(H,45,49,52)/t25-,27-,34?. The first-order valence-electron chi connectivity index (χ1n) is 18.9. The second-order valence-corrected chi connectivity index (χ2v) is 14.6. The Labute approximate surface area is 316 Å². The third-order valence-corrected chi connectivity index (χ3v) is 11.1. The van der Waals surface area contributed by atoms with Crippen LogP contribution in [0.2, 0.25) is 0 Å². The number of piperidine rings is 1. The number of rotatable bonds is 9. The van der Waals surface area contributed by atoms with Crippen LogP contribution in [0.25, 0.3) is 11.0 Å². The number of carbonyl (C=O) groups is 5. The molecule has 3 aliphatic heterocycles. The number of carbonyl (C=O) groups excluding carboxylic acids is 5. The van der Waals surface area contributed by atoms with E-state index in [9.17, 15) is 28.8 Å². The van der Waals surface area contributed by atoms with Crippen LogP contribution in [0.5, 0.6) is 5.75 Å². The Balaban J connectivity index is 0.788. The molecule has 1 aliphatic carbocycles. The molecule has 1 atom stereocenters. The van der Waals surface area contributed by atoms with Gasteiger partial charge < -0.3 is 19.9 Å². The first-order chi connectivity index (χ1) is 26.6. The van der Waals surface area contributed by atoms with Crippen LogP contribution >= 0.6 is 0 Å². The lowest BCUT2D eigenvalue weighted by molar-refractivity contribution is -0.136. The van der Waals surface area contributed by atoms with Crippen LogP contribution in [0, 0.1) is 0 Å². The maximum Gasteiger partial charge on any atom is 0.270 e. The molecule has 6 heterocycles. The highest BCUT2D eigenvalue weighted by Gasteiger charge is 2.44. The summed E-state index contributed by atoms with van der Waals surface area (Å²) in [7, 11) is 0. The zero-order valence-electron chi connectivity index (χ0n) is 30.5. The van der Waals surface area contributed by atoms with Crippen LogP contribution in [-0.4, -0.2) is 98.7 Å². The highest BCUT2D eigenvalue weighted by Crippen LogP contribution is 2.32. The number of imide groups is 2. The minimum absolute atomic E-state index is 0.0323. The largest absolute Gasteiger partial charge is 0.490 e. The summed E-state index contributed by atoms with van der Waals surface area (Å²) in [5, 5.41) is 5.31. The third-order valence-electron chi connectivity index (χ3n) is 11.1. The number of piperazine rings is 1. The molecule has 3 aromatic heterocycles. The van der Waals surface area contributed by atoms with Crippen LogP contribution in [0.15, 0.2) is 59.7 Å². The van der Waals surface area contributed by atoms with Crippen molar-refractivity contribution in [3.63, 3.8) is 0 Å². The molecule has 0 radical (unpaired) electrons. The number of hydrogen-bond donors (Lipinski definition) is 3. The molecule has 0 spiro atoms. The average molecular weight is 747 g/mol. The minimum Gasteiger partial charge on any atom is -0.490 e. The molecule has 1 aromatic carbocycles. The Kier molecular flexibility index (Phi) is 9.86. The van der Waals surface area contributed by atoms with Crippen molar-refractivity contribution >= 4 is 46.3 Å². The Morgan fingerprint density at radius 2 is 1.65 bits per heavy atom. The zero-order valence-corrected chi connectivity index (χ0v) is 30.5. The number of fused-ring (bicyclic) bond motifs is 2. The molecule has 2 saturated heterocycles. The summed E-state index contributed by atoms with van der Waals surface area (Å²) < 4.78 is 6.20. The van der Waals surface area contributed by atoms with Gasteiger partial charge in [0.25, 0.3) is 23.3 Å². The van der Waals surface area contributed by atoms with Crippen LogP contribution in [0.1, 0.15) is 87.8 Å². The lowest BCUT2D eigenvalue weighted by Crippen LogP contribution is -2.54. The third kappa shape index (κ3) is 7.43. The molecule has 3 N–H and O–H groups in total. The molecule has 5 amide bonds. The Bertz CT molecular complexity index is 2240. The molecule has 284 valence electrons. The molecule has 55 heavy (non-hydrogen) atoms. The predicted octanol–water partition coefficient (Wildman–Crippen LogP) is 2.72. The van der Waals surface area contributed by atoms with E-state index in [0.717, 1.165) is 65.5 Å². The van der Waals surface area contributed by atoms with Crippen molar-refractivity contribution in [2.75, 3.05) is 31.1 Å². The SMILES string of the molecule is CCc1cc2ncc(CN3CCN(c4ccc(C(=O)N[C@H]5CC[C@H](Oc6ccc7c(c6)C(=O)N(C6CCC(=O)NC6=O)C7=O)CC5)nc4)CC3)cc2[nH]c1=O. The summed E-state index contributed by atoms with van der Waals surface area (Å²) in [6.07, 6.45) is 7.11. The first kappa shape index (κ1) is 36.0. The maximum absolute atomic E-state index is 13.2. The Hall–Kier alpha value is -5.96. The van der Waals surface area contributed by atoms with E-state index in [1.807, 2.05) is 31.3 Å². The summed E-state index contributed by atoms with van der Waals surface area (Å²) in [5.41, 5.74) is 4.98. The number of nitrogens with one attached hydrogen (secondary N) is 3. The monoisotopic (exact) mass is 746 g/mol. The molecule has 4 aliphatic rings. The summed E-state index contributed by atoms with van der Waals surface area (Å²) in [6.45, 7) is 6.04. The molecule has 1 saturated carbocycles. The van der Waals surface area contributed by atoms with Crippen molar-refractivity contribution in [1.82, 2.24) is 35.4 Å². The van der Waals surface area contributed by atoms with Gasteiger partial charge in [-0.25, -0.2) is 4.98 Å². The molecule has 1 unspecified atom stereocenters. The van der Waals surface area contributed by atoms with Gasteiger partial charge in [0.05, 0.1) is 40.1 Å². The van der Waals surface area contributed by atoms with Crippen molar-refractivity contribution in [2.24, 2.45) is 0 Å². The van der Waals surface area contributed by atoms with E-state index >= 15 is 0 Å². The van der Waals surface area contributed by atoms with E-state index in [-0.39, 0.29) is 47.6 Å². The molecule has 3 fully saturated rings. The number of benzene rings is 1. The van der Waals surface area contributed by atoms with Gasteiger partial charge in [0.15, 0.2) is 0 Å². The fourth-order valence-corrected chi connectivity index (χ4v) is 7.95. The van der Waals surface area contributed by atoms with Crippen LogP contribution in [-0.2, 0) is 22.6 Å². The van der Waals surface area contributed by atoms with Gasteiger partial charge in [-0.05, 0) is 86.6 Å². The second kappa shape index (κ2) is 15.1. The van der Waals surface area contributed by atoms with Gasteiger partial charge in [0.1, 0.15) is 17.5 Å². The zero-order chi connectivity index (χ0) is 38.2. The highest BCUT2D eigenvalue weighted by molar-refractivity contribution is 6.23. The van der Waals surface area contributed by atoms with E-state index in [1.54, 1.807) is 30.5 Å². The number of H-pyrrole nitrogens is 1. The van der Waals surface area contributed by atoms with Gasteiger partial charge in [-0.2, -0.15) is 0 Å². The van der Waals surface area contributed by atoms with Crippen molar-refractivity contribution in [1.29, 1.82) is 0 Å². The number of aromatic nitrogens is 3. The van der Waals surface area contributed by atoms with E-state index in [1.165, 1.54) is 0 Å². The number of hydrogen-bond acceptors (Lipinski definition) is 11. The molecule has 0 bridgehead atoms. The normalized spacial score (nSPS) is 21.8. The van der Waals surface area contributed by atoms with Crippen molar-refractivity contribution in [2.45, 2.75) is 76.6 Å². The molecule has 4 aromatic rings. The lowest BCUT2D eigenvalue weighted by atomic mass is 9.92. The second-order valence-electron chi connectivity index (χ2n) is 14.6. The van der Waals surface area contributed by atoms with Gasteiger partial charge in [-0.1, -0.05) is 6.92 Å². The summed E-state index contributed by atoms with van der Waals surface area (Å²) in [5.74, 6) is -1.97. The predicted molar refractivity (Wildman–Crippen MR) is 201 cm³/mol. The number of anilines is 1. The number of aryl methyl sites for hydroxylation is 1. The van der Waals surface area contributed by atoms with Gasteiger partial charge in [0, 0.05) is 56.9 Å². The van der Waals surface area contributed by atoms with Crippen LogP contribution in [0.3, 0.4) is 0 Å². The van der Waals surface area contributed by atoms with E-state index < -0.39 is 29.7 Å². The van der Waals surface area contributed by atoms with Gasteiger partial charge in [-0.3, -0.25) is 48.9 Å². The van der Waals surface area contributed by atoms with Gasteiger partial charge in [-0.15, -0.1) is 0 Å². The smallest absolute Gasteiger partial charge is 0.270 e. The molecular formula is C40H42N8O7. The number of nitrogens with zero attached hydrogens (tertiary/aromatic N) is 5. The van der Waals surface area contributed by atoms with Crippen molar-refractivity contribution in [3.05, 3.63) is 93.2 Å². The Morgan fingerprint density at radius 1 is 0.873 bits per heavy atom. The average Bonchev–Trinajstić information content (AvgIpc) is 3.43. The molecule has 8 rings (SSSR count). The molecule has 15 heteroatoms. The van der Waals surface area contributed by atoms with Crippen LogP contribution < -0.4 is 25.8 Å². The fraction of sp³-hybridized carbons (Fsp3) is 0.400. The molecule has 15 nitrogen and oxygen atoms in total. The number of aromatic amines is 1. The van der Waals surface area contributed by atoms with Crippen molar-refractivity contribution in [3.8, 4) is 5.75 Å². The summed E-state index contributed by atoms with van der Waals surface area (Å²) in [6, 6.07) is 11.3. The maximum atomic E-state index is 13.2. The number of ether oxygens (including phenoxy) is 1. The fourth-order valence-electron chi connectivity index (χ4n) is 7.95. The number of pyridine rings is 3. The van der Waals surface area contributed by atoms with E-state index in [2.05, 4.69) is 35.4 Å². The van der Waals surface area contributed by atoms with Crippen molar-refractivity contribution < 1.29 is 28.7 Å². The lowest BCUT2D eigenvalue weighted by Gasteiger charge is -2.36. The Morgan fingerprint density at radius 3 is 2.38 bits per heavy atom. The van der Waals surface area contributed by atoms with Crippen LogP contribution in [0.4, 0.5) is 5.69 Å². The summed E-state index contributed by atoms with van der Waals surface area (Å²) in [4.78, 5) is 93.1. The summed E-state index contributed by atoms with van der Waals surface area (Å²) >= 11 is 0. The highest BCUT2D eigenvalue weighted by atomic mass is 16.5. The minimum atomic E-state index is -1.02. The number of amides is 5. The van der Waals surface area contributed by atoms with Gasteiger partial charge >= 0.3 is 0 Å². The quantitative estimate of drug-likeness (QED) is 0.214.